The van der Waals surface area contributed by atoms with Crippen molar-refractivity contribution in [2.45, 2.75) is 59.0 Å². The summed E-state index contributed by atoms with van der Waals surface area (Å²) in [6.07, 6.45) is 4.27. The Balaban J connectivity index is 1.44. The zero-order chi connectivity index (χ0) is 18.4. The number of fused-ring (bicyclic) bond motifs is 2. The summed E-state index contributed by atoms with van der Waals surface area (Å²) in [5, 5.41) is 4.82. The fourth-order valence-electron chi connectivity index (χ4n) is 4.52. The molecule has 25 heavy (non-hydrogen) atoms. The van der Waals surface area contributed by atoms with Gasteiger partial charge in [-0.3, -0.25) is 19.4 Å². The quantitative estimate of drug-likeness (QED) is 0.415. The fourth-order valence-corrected chi connectivity index (χ4v) is 4.52. The molecule has 4 rings (SSSR count). The van der Waals surface area contributed by atoms with Crippen molar-refractivity contribution in [3.05, 3.63) is 11.6 Å². The highest BCUT2D eigenvalue weighted by Gasteiger charge is 2.67. The molecule has 0 spiro atoms. The van der Waals surface area contributed by atoms with Crippen molar-refractivity contribution in [1.29, 1.82) is 0 Å². The molecule has 0 aromatic heterocycles. The van der Waals surface area contributed by atoms with Gasteiger partial charge in [0.2, 0.25) is 0 Å². The van der Waals surface area contributed by atoms with E-state index in [1.807, 2.05) is 0 Å². The standard InChI is InChI=1S/C18H25NO6/c1-11-9-14(20)19(16(11)22)8-7-15(21)23-25-24-18-10-13(17(18,3)4)6-5-12(18)2/h9,12-13H,5-8,10H2,1-4H3. The molecular formula is C18H25NO6. The van der Waals surface area contributed by atoms with Gasteiger partial charge in [-0.1, -0.05) is 20.8 Å². The Morgan fingerprint density at radius 2 is 2.04 bits per heavy atom. The normalized spacial score (nSPS) is 33.1. The molecule has 2 bridgehead atoms. The van der Waals surface area contributed by atoms with Gasteiger partial charge >= 0.3 is 5.97 Å². The molecule has 0 N–H and O–H groups in total. The van der Waals surface area contributed by atoms with Crippen LogP contribution in [0.3, 0.4) is 0 Å². The summed E-state index contributed by atoms with van der Waals surface area (Å²) in [6, 6.07) is 0. The zero-order valence-electron chi connectivity index (χ0n) is 15.2. The number of amides is 2. The smallest absolute Gasteiger partial charge is 0.275 e. The summed E-state index contributed by atoms with van der Waals surface area (Å²) in [4.78, 5) is 46.4. The van der Waals surface area contributed by atoms with E-state index in [2.05, 4.69) is 20.8 Å². The zero-order valence-corrected chi connectivity index (χ0v) is 15.2. The van der Waals surface area contributed by atoms with Gasteiger partial charge in [0.25, 0.3) is 11.8 Å². The van der Waals surface area contributed by atoms with Crippen molar-refractivity contribution >= 4 is 17.8 Å². The summed E-state index contributed by atoms with van der Waals surface area (Å²) in [5.74, 6) is -0.554. The van der Waals surface area contributed by atoms with Gasteiger partial charge in [0.1, 0.15) is 5.60 Å². The minimum absolute atomic E-state index is 0.0192. The molecule has 3 unspecified atom stereocenters. The number of hydrogen-bond acceptors (Lipinski definition) is 6. The van der Waals surface area contributed by atoms with Crippen molar-refractivity contribution in [3.63, 3.8) is 0 Å². The molecule has 3 fully saturated rings. The van der Waals surface area contributed by atoms with Crippen LogP contribution in [0.1, 0.15) is 53.4 Å². The largest absolute Gasteiger partial charge is 0.347 e. The van der Waals surface area contributed by atoms with Crippen molar-refractivity contribution in [1.82, 2.24) is 4.90 Å². The van der Waals surface area contributed by atoms with Crippen molar-refractivity contribution < 1.29 is 29.2 Å². The number of nitrogens with zero attached hydrogens (tertiary/aromatic N) is 1. The summed E-state index contributed by atoms with van der Waals surface area (Å²) in [7, 11) is 0. The summed E-state index contributed by atoms with van der Waals surface area (Å²) >= 11 is 0. The number of imide groups is 1. The van der Waals surface area contributed by atoms with Gasteiger partial charge in [-0.15, -0.1) is 0 Å². The third-order valence-corrected chi connectivity index (χ3v) is 6.44. The van der Waals surface area contributed by atoms with E-state index < -0.39 is 17.5 Å². The van der Waals surface area contributed by atoms with Crippen molar-refractivity contribution in [2.75, 3.05) is 6.54 Å². The highest BCUT2D eigenvalue weighted by Crippen LogP contribution is 2.65. The lowest BCUT2D eigenvalue weighted by Gasteiger charge is -2.65. The lowest BCUT2D eigenvalue weighted by molar-refractivity contribution is -0.557. The monoisotopic (exact) mass is 351 g/mol. The molecule has 7 nitrogen and oxygen atoms in total. The average molecular weight is 351 g/mol. The van der Waals surface area contributed by atoms with E-state index in [0.717, 1.165) is 17.7 Å². The lowest BCUT2D eigenvalue weighted by atomic mass is 9.43. The van der Waals surface area contributed by atoms with Crippen molar-refractivity contribution in [2.24, 2.45) is 17.3 Å². The second-order valence-electron chi connectivity index (χ2n) is 7.97. The molecule has 2 amide bonds. The van der Waals surface area contributed by atoms with Crippen LogP contribution in [0.5, 0.6) is 0 Å². The SMILES string of the molecule is CC1=CC(=O)N(CCC(=O)OOOC23CC(CCC2C)C3(C)C)C1=O. The Bertz CT molecular complexity index is 639. The first kappa shape index (κ1) is 18.1. The molecule has 4 aliphatic rings. The molecule has 3 atom stereocenters. The Morgan fingerprint density at radius 3 is 2.60 bits per heavy atom. The molecule has 3 saturated carbocycles. The maximum absolute atomic E-state index is 11.8. The molecule has 3 aliphatic carbocycles. The first-order chi connectivity index (χ1) is 11.7. The minimum atomic E-state index is -0.682. The van der Waals surface area contributed by atoms with Gasteiger partial charge < -0.3 is 0 Å². The molecule has 0 radical (unpaired) electrons. The van der Waals surface area contributed by atoms with Crippen LogP contribution >= 0.6 is 0 Å². The molecule has 1 heterocycles. The van der Waals surface area contributed by atoms with Crippen LogP contribution in [0.25, 0.3) is 0 Å². The van der Waals surface area contributed by atoms with E-state index in [0.29, 0.717) is 17.4 Å². The molecule has 0 aromatic carbocycles. The molecular weight excluding hydrogens is 326 g/mol. The molecule has 0 saturated heterocycles. The van der Waals surface area contributed by atoms with E-state index in [9.17, 15) is 14.4 Å². The van der Waals surface area contributed by atoms with Gasteiger partial charge in [0.05, 0.1) is 6.42 Å². The predicted molar refractivity (Wildman–Crippen MR) is 86.4 cm³/mol. The van der Waals surface area contributed by atoms with Crippen LogP contribution in [-0.2, 0) is 29.2 Å². The molecule has 1 aliphatic heterocycles. The highest BCUT2D eigenvalue weighted by molar-refractivity contribution is 6.15. The second-order valence-corrected chi connectivity index (χ2v) is 7.97. The lowest BCUT2D eigenvalue weighted by Crippen LogP contribution is -2.68. The van der Waals surface area contributed by atoms with Crippen LogP contribution in [0.15, 0.2) is 11.6 Å². The average Bonchev–Trinajstić information content (AvgIpc) is 2.79. The van der Waals surface area contributed by atoms with Gasteiger partial charge in [0, 0.05) is 23.6 Å². The molecule has 7 heteroatoms. The predicted octanol–water partition coefficient (Wildman–Crippen LogP) is 2.31. The van der Waals surface area contributed by atoms with E-state index in [1.165, 1.54) is 12.5 Å². The topological polar surface area (TPSA) is 82.1 Å². The van der Waals surface area contributed by atoms with E-state index in [1.54, 1.807) is 6.92 Å². The number of hydrogen-bond donors (Lipinski definition) is 0. The number of carbonyl (C=O) groups is 3. The van der Waals surface area contributed by atoms with Gasteiger partial charge in [0.15, 0.2) is 0 Å². The Labute approximate surface area is 147 Å². The third-order valence-electron chi connectivity index (χ3n) is 6.44. The molecule has 138 valence electrons. The van der Waals surface area contributed by atoms with E-state index >= 15 is 0 Å². The van der Waals surface area contributed by atoms with E-state index in [-0.39, 0.29) is 24.3 Å². The van der Waals surface area contributed by atoms with Crippen LogP contribution in [0.4, 0.5) is 0 Å². The van der Waals surface area contributed by atoms with E-state index in [4.69, 9.17) is 14.8 Å². The van der Waals surface area contributed by atoms with Crippen LogP contribution in [-0.4, -0.2) is 34.8 Å². The maximum Gasteiger partial charge on any atom is 0.347 e. The summed E-state index contributed by atoms with van der Waals surface area (Å²) in [5.41, 5.74) is -0.0858. The minimum Gasteiger partial charge on any atom is -0.275 e. The van der Waals surface area contributed by atoms with Gasteiger partial charge in [-0.2, -0.15) is 4.89 Å². The number of carbonyl (C=O) groups excluding carboxylic acids is 3. The summed E-state index contributed by atoms with van der Waals surface area (Å²) in [6.45, 7) is 7.96. The van der Waals surface area contributed by atoms with Crippen molar-refractivity contribution in [3.8, 4) is 0 Å². The Hall–Kier alpha value is -1.73. The second kappa shape index (κ2) is 6.21. The summed E-state index contributed by atoms with van der Waals surface area (Å²) < 4.78 is 0. The maximum atomic E-state index is 11.8. The number of rotatable bonds is 6. The van der Waals surface area contributed by atoms with Gasteiger partial charge in [-0.25, -0.2) is 4.79 Å². The van der Waals surface area contributed by atoms with Gasteiger partial charge in [-0.05, 0) is 43.1 Å². The Kier molecular flexibility index (Phi) is 4.49. The Morgan fingerprint density at radius 1 is 1.32 bits per heavy atom. The fraction of sp³-hybridized carbons (Fsp3) is 0.722. The van der Waals surface area contributed by atoms with Crippen LogP contribution in [0, 0.1) is 17.3 Å². The van der Waals surface area contributed by atoms with Crippen LogP contribution in [0.2, 0.25) is 0 Å². The molecule has 0 aromatic rings. The van der Waals surface area contributed by atoms with Crippen LogP contribution < -0.4 is 0 Å². The first-order valence-corrected chi connectivity index (χ1v) is 8.78. The highest BCUT2D eigenvalue weighted by atomic mass is 17.5. The third kappa shape index (κ3) is 2.79. The first-order valence-electron chi connectivity index (χ1n) is 8.78.